The summed E-state index contributed by atoms with van der Waals surface area (Å²) in [5.74, 6) is -0.261. The highest BCUT2D eigenvalue weighted by Crippen LogP contribution is 2.32. The van der Waals surface area contributed by atoms with Crippen LogP contribution in [0.2, 0.25) is 5.15 Å². The topological polar surface area (TPSA) is 50.3 Å². The highest BCUT2D eigenvalue weighted by Gasteiger charge is 2.44. The number of pyridine rings is 1. The van der Waals surface area contributed by atoms with E-state index < -0.39 is 5.41 Å². The van der Waals surface area contributed by atoms with Gasteiger partial charge in [0, 0.05) is 12.6 Å². The molecule has 17 heavy (non-hydrogen) atoms. The van der Waals surface area contributed by atoms with Crippen molar-refractivity contribution in [2.45, 2.75) is 26.8 Å². The first-order chi connectivity index (χ1) is 7.90. The van der Waals surface area contributed by atoms with Crippen molar-refractivity contribution >= 4 is 23.4 Å². The molecule has 0 atom stereocenters. The third-order valence-electron chi connectivity index (χ3n) is 2.85. The van der Waals surface area contributed by atoms with Crippen LogP contribution in [0.5, 0.6) is 0 Å². The van der Waals surface area contributed by atoms with Gasteiger partial charge in [-0.2, -0.15) is 0 Å². The first kappa shape index (κ1) is 12.0. The summed E-state index contributed by atoms with van der Waals surface area (Å²) in [6.07, 6.45) is 1.83. The molecule has 0 bridgehead atoms. The number of nitrogens with zero attached hydrogens (tertiary/aromatic N) is 2. The quantitative estimate of drug-likeness (QED) is 0.598. The molecule has 4 nitrogen and oxygen atoms in total. The van der Waals surface area contributed by atoms with Crippen molar-refractivity contribution in [1.29, 1.82) is 0 Å². The van der Waals surface area contributed by atoms with Crippen LogP contribution in [0.1, 0.15) is 25.8 Å². The van der Waals surface area contributed by atoms with E-state index in [2.05, 4.69) is 4.98 Å². The lowest BCUT2D eigenvalue weighted by atomic mass is 9.92. The van der Waals surface area contributed by atoms with Crippen molar-refractivity contribution < 1.29 is 9.59 Å². The minimum absolute atomic E-state index is 0.129. The number of amides is 2. The Kier molecular flexibility index (Phi) is 2.91. The first-order valence-corrected chi connectivity index (χ1v) is 5.73. The number of carbonyl (C=O) groups is 2. The van der Waals surface area contributed by atoms with E-state index in [9.17, 15) is 9.59 Å². The molecule has 1 aliphatic rings. The zero-order valence-corrected chi connectivity index (χ0v) is 10.5. The second-order valence-electron chi connectivity index (χ2n) is 4.83. The number of likely N-dealkylation sites (tertiary alicyclic amines) is 1. The molecule has 0 aromatic carbocycles. The minimum atomic E-state index is -0.589. The molecule has 1 aromatic heterocycles. The van der Waals surface area contributed by atoms with E-state index in [1.54, 1.807) is 32.2 Å². The summed E-state index contributed by atoms with van der Waals surface area (Å²) in [5, 5.41) is 0.362. The van der Waals surface area contributed by atoms with E-state index in [-0.39, 0.29) is 24.8 Å². The van der Waals surface area contributed by atoms with Crippen molar-refractivity contribution in [2.24, 2.45) is 5.41 Å². The predicted molar refractivity (Wildman–Crippen MR) is 63.2 cm³/mol. The molecular formula is C12H13ClN2O2. The van der Waals surface area contributed by atoms with E-state index in [0.717, 1.165) is 5.56 Å². The summed E-state index contributed by atoms with van der Waals surface area (Å²) in [6.45, 7) is 3.84. The van der Waals surface area contributed by atoms with Gasteiger partial charge >= 0.3 is 0 Å². The van der Waals surface area contributed by atoms with E-state index in [0.29, 0.717) is 5.15 Å². The number of aromatic nitrogens is 1. The lowest BCUT2D eigenvalue weighted by molar-refractivity contribution is -0.141. The van der Waals surface area contributed by atoms with Crippen LogP contribution in [0, 0.1) is 5.41 Å². The maximum atomic E-state index is 12.0. The SMILES string of the molecule is CC1(C)CC(=O)N(Cc2ccnc(Cl)c2)C1=O. The highest BCUT2D eigenvalue weighted by atomic mass is 35.5. The largest absolute Gasteiger partial charge is 0.278 e. The summed E-state index contributed by atoms with van der Waals surface area (Å²) in [4.78, 5) is 28.9. The first-order valence-electron chi connectivity index (χ1n) is 5.35. The Labute approximate surface area is 105 Å². The molecule has 0 unspecified atom stereocenters. The average Bonchev–Trinajstić information content (AvgIpc) is 2.41. The molecule has 1 aromatic rings. The summed E-state index contributed by atoms with van der Waals surface area (Å²) in [5.41, 5.74) is 0.220. The minimum Gasteiger partial charge on any atom is -0.278 e. The molecule has 90 valence electrons. The van der Waals surface area contributed by atoms with E-state index >= 15 is 0 Å². The zero-order valence-electron chi connectivity index (χ0n) is 9.74. The molecule has 0 radical (unpaired) electrons. The Hall–Kier alpha value is -1.42. The molecule has 5 heteroatoms. The average molecular weight is 253 g/mol. The molecule has 2 amide bonds. The van der Waals surface area contributed by atoms with Crippen LogP contribution in [0.15, 0.2) is 18.3 Å². The van der Waals surface area contributed by atoms with Crippen molar-refractivity contribution in [1.82, 2.24) is 9.88 Å². The van der Waals surface area contributed by atoms with E-state index in [1.165, 1.54) is 4.90 Å². The number of halogens is 1. The van der Waals surface area contributed by atoms with Crippen LogP contribution < -0.4 is 0 Å². The van der Waals surface area contributed by atoms with Gasteiger partial charge in [0.25, 0.3) is 0 Å². The Morgan fingerprint density at radius 3 is 2.71 bits per heavy atom. The van der Waals surface area contributed by atoms with Crippen LogP contribution in [0.25, 0.3) is 0 Å². The van der Waals surface area contributed by atoms with Gasteiger partial charge in [-0.3, -0.25) is 14.5 Å². The van der Waals surface area contributed by atoms with Gasteiger partial charge in [0.2, 0.25) is 11.8 Å². The Balaban J connectivity index is 2.20. The second kappa shape index (κ2) is 4.11. The monoisotopic (exact) mass is 252 g/mol. The van der Waals surface area contributed by atoms with Gasteiger partial charge < -0.3 is 0 Å². The lowest BCUT2D eigenvalue weighted by Gasteiger charge is -2.17. The molecule has 1 aliphatic heterocycles. The van der Waals surface area contributed by atoms with Gasteiger partial charge in [-0.1, -0.05) is 25.4 Å². The van der Waals surface area contributed by atoms with Crippen LogP contribution >= 0.6 is 11.6 Å². The molecule has 0 N–H and O–H groups in total. The van der Waals surface area contributed by atoms with E-state index in [4.69, 9.17) is 11.6 Å². The van der Waals surface area contributed by atoms with Gasteiger partial charge in [-0.15, -0.1) is 0 Å². The van der Waals surface area contributed by atoms with Crippen molar-refractivity contribution in [3.05, 3.63) is 29.0 Å². The molecule has 1 fully saturated rings. The molecule has 1 saturated heterocycles. The van der Waals surface area contributed by atoms with Gasteiger partial charge in [0.15, 0.2) is 0 Å². The maximum absolute atomic E-state index is 12.0. The summed E-state index contributed by atoms with van der Waals surface area (Å²) < 4.78 is 0. The molecule has 0 spiro atoms. The summed E-state index contributed by atoms with van der Waals surface area (Å²) >= 11 is 5.76. The van der Waals surface area contributed by atoms with Crippen molar-refractivity contribution in [2.75, 3.05) is 0 Å². The van der Waals surface area contributed by atoms with Gasteiger partial charge in [-0.25, -0.2) is 4.98 Å². The second-order valence-corrected chi connectivity index (χ2v) is 5.22. The number of hydrogen-bond donors (Lipinski definition) is 0. The van der Waals surface area contributed by atoms with Crippen LogP contribution in [0.3, 0.4) is 0 Å². The Morgan fingerprint density at radius 2 is 2.18 bits per heavy atom. The maximum Gasteiger partial charge on any atom is 0.235 e. The highest BCUT2D eigenvalue weighted by molar-refractivity contribution is 6.29. The predicted octanol–water partition coefficient (Wildman–Crippen LogP) is 2.02. The Bertz CT molecular complexity index is 485. The number of rotatable bonds is 2. The van der Waals surface area contributed by atoms with E-state index in [1.807, 2.05) is 0 Å². The summed E-state index contributed by atoms with van der Waals surface area (Å²) in [7, 11) is 0. The fraction of sp³-hybridized carbons (Fsp3) is 0.417. The zero-order chi connectivity index (χ0) is 12.6. The van der Waals surface area contributed by atoms with Crippen LogP contribution in [-0.2, 0) is 16.1 Å². The summed E-state index contributed by atoms with van der Waals surface area (Å²) in [6, 6.07) is 3.41. The number of imide groups is 1. The van der Waals surface area contributed by atoms with Gasteiger partial charge in [0.05, 0.1) is 12.0 Å². The standard InChI is InChI=1S/C12H13ClN2O2/c1-12(2)6-10(16)15(11(12)17)7-8-3-4-14-9(13)5-8/h3-5H,6-7H2,1-2H3. The number of carbonyl (C=O) groups excluding carboxylic acids is 2. The number of hydrogen-bond acceptors (Lipinski definition) is 3. The van der Waals surface area contributed by atoms with Gasteiger partial charge in [-0.05, 0) is 17.7 Å². The molecule has 2 rings (SSSR count). The van der Waals surface area contributed by atoms with Crippen molar-refractivity contribution in [3.8, 4) is 0 Å². The molecular weight excluding hydrogens is 240 g/mol. The Morgan fingerprint density at radius 1 is 1.47 bits per heavy atom. The molecule has 2 heterocycles. The fourth-order valence-electron chi connectivity index (χ4n) is 1.91. The fourth-order valence-corrected chi connectivity index (χ4v) is 2.11. The normalized spacial score (nSPS) is 18.9. The smallest absolute Gasteiger partial charge is 0.235 e. The van der Waals surface area contributed by atoms with Crippen LogP contribution in [0.4, 0.5) is 0 Å². The van der Waals surface area contributed by atoms with Crippen LogP contribution in [-0.4, -0.2) is 21.7 Å². The third-order valence-corrected chi connectivity index (χ3v) is 3.06. The third kappa shape index (κ3) is 2.31. The van der Waals surface area contributed by atoms with Gasteiger partial charge in [0.1, 0.15) is 5.15 Å². The lowest BCUT2D eigenvalue weighted by Crippen LogP contribution is -2.32. The molecule has 0 saturated carbocycles. The molecule has 0 aliphatic carbocycles. The van der Waals surface area contributed by atoms with Crippen molar-refractivity contribution in [3.63, 3.8) is 0 Å².